The highest BCUT2D eigenvalue weighted by molar-refractivity contribution is 9.09. The van der Waals surface area contributed by atoms with Gasteiger partial charge in [-0.25, -0.2) is 0 Å². The van der Waals surface area contributed by atoms with Crippen LogP contribution in [0.3, 0.4) is 0 Å². The molecular formula is C8H15Br. The lowest BCUT2D eigenvalue weighted by Gasteiger charge is -2.04. The predicted octanol–water partition coefficient (Wildman–Crippen LogP) is 3.35. The molecule has 1 unspecified atom stereocenters. The van der Waals surface area contributed by atoms with Crippen molar-refractivity contribution < 1.29 is 0 Å². The van der Waals surface area contributed by atoms with Gasteiger partial charge < -0.3 is 0 Å². The van der Waals surface area contributed by atoms with E-state index in [0.717, 1.165) is 10.7 Å². The minimum absolute atomic E-state index is 0.845. The summed E-state index contributed by atoms with van der Waals surface area (Å²) in [6, 6.07) is 0. The van der Waals surface area contributed by atoms with Gasteiger partial charge in [0, 0.05) is 4.83 Å². The molecule has 0 heterocycles. The Morgan fingerprint density at radius 3 is 2.67 bits per heavy atom. The maximum Gasteiger partial charge on any atom is 0.0174 e. The second-order valence-electron chi connectivity index (χ2n) is 3.00. The molecule has 0 saturated heterocycles. The number of hydrogen-bond donors (Lipinski definition) is 0. The predicted molar refractivity (Wildman–Crippen MR) is 45.0 cm³/mol. The molecular weight excluding hydrogens is 176 g/mol. The topological polar surface area (TPSA) is 0 Å². The van der Waals surface area contributed by atoms with Gasteiger partial charge in [0.1, 0.15) is 0 Å². The van der Waals surface area contributed by atoms with Crippen LogP contribution in [0.25, 0.3) is 0 Å². The van der Waals surface area contributed by atoms with Gasteiger partial charge in [0.2, 0.25) is 0 Å². The van der Waals surface area contributed by atoms with Crippen molar-refractivity contribution in [3.05, 3.63) is 0 Å². The SMILES string of the molecule is CCCCC(Br)C1CC1. The van der Waals surface area contributed by atoms with Gasteiger partial charge in [-0.3, -0.25) is 0 Å². The molecule has 0 spiro atoms. The van der Waals surface area contributed by atoms with Crippen LogP contribution < -0.4 is 0 Å². The van der Waals surface area contributed by atoms with Crippen molar-refractivity contribution in [2.45, 2.75) is 43.9 Å². The summed E-state index contributed by atoms with van der Waals surface area (Å²) in [5.74, 6) is 1.04. The minimum atomic E-state index is 0.845. The van der Waals surface area contributed by atoms with E-state index in [-0.39, 0.29) is 0 Å². The van der Waals surface area contributed by atoms with Gasteiger partial charge in [-0.1, -0.05) is 35.7 Å². The maximum absolute atomic E-state index is 3.71. The molecule has 0 nitrogen and oxygen atoms in total. The Kier molecular flexibility index (Phi) is 3.03. The van der Waals surface area contributed by atoms with Crippen LogP contribution >= 0.6 is 15.9 Å². The first kappa shape index (κ1) is 7.59. The third-order valence-corrected chi connectivity index (χ3v) is 3.17. The molecule has 1 rings (SSSR count). The van der Waals surface area contributed by atoms with E-state index in [4.69, 9.17) is 0 Å². The normalized spacial score (nSPS) is 22.0. The Hall–Kier alpha value is 0.480. The number of rotatable bonds is 4. The van der Waals surface area contributed by atoms with Crippen molar-refractivity contribution in [3.63, 3.8) is 0 Å². The van der Waals surface area contributed by atoms with E-state index in [1.54, 1.807) is 0 Å². The first-order valence-electron chi connectivity index (χ1n) is 3.98. The van der Waals surface area contributed by atoms with Gasteiger partial charge in [0.25, 0.3) is 0 Å². The summed E-state index contributed by atoms with van der Waals surface area (Å²) < 4.78 is 0. The number of unbranched alkanes of at least 4 members (excludes halogenated alkanes) is 1. The fraction of sp³-hybridized carbons (Fsp3) is 1.00. The molecule has 0 aromatic carbocycles. The Labute approximate surface area is 66.2 Å². The summed E-state index contributed by atoms with van der Waals surface area (Å²) in [5, 5.41) is 0. The van der Waals surface area contributed by atoms with Gasteiger partial charge >= 0.3 is 0 Å². The molecule has 1 aliphatic rings. The van der Waals surface area contributed by atoms with Gasteiger partial charge in [0.05, 0.1) is 0 Å². The van der Waals surface area contributed by atoms with Crippen LogP contribution in [0.1, 0.15) is 39.0 Å². The van der Waals surface area contributed by atoms with Crippen LogP contribution in [0.2, 0.25) is 0 Å². The zero-order valence-electron chi connectivity index (χ0n) is 6.07. The molecule has 1 atom stereocenters. The Morgan fingerprint density at radius 2 is 2.22 bits per heavy atom. The minimum Gasteiger partial charge on any atom is -0.0888 e. The molecule has 0 aliphatic heterocycles. The second-order valence-corrected chi connectivity index (χ2v) is 4.17. The standard InChI is InChI=1S/C8H15Br/c1-2-3-4-8(9)7-5-6-7/h7-8H,2-6H2,1H3. The van der Waals surface area contributed by atoms with Crippen molar-refractivity contribution in [1.29, 1.82) is 0 Å². The first-order chi connectivity index (χ1) is 4.34. The molecule has 1 aliphatic carbocycles. The quantitative estimate of drug-likeness (QED) is 0.597. The number of alkyl halides is 1. The van der Waals surface area contributed by atoms with Gasteiger partial charge in [0.15, 0.2) is 0 Å². The third-order valence-electron chi connectivity index (χ3n) is 1.97. The fourth-order valence-electron chi connectivity index (χ4n) is 1.09. The average molecular weight is 191 g/mol. The maximum atomic E-state index is 3.71. The Bertz CT molecular complexity index is 76.6. The molecule has 1 saturated carbocycles. The molecule has 0 radical (unpaired) electrons. The average Bonchev–Trinajstić information content (AvgIpc) is 2.63. The molecule has 0 aromatic heterocycles. The van der Waals surface area contributed by atoms with E-state index in [1.165, 1.54) is 32.1 Å². The smallest absolute Gasteiger partial charge is 0.0174 e. The van der Waals surface area contributed by atoms with Crippen LogP contribution in [0.5, 0.6) is 0 Å². The summed E-state index contributed by atoms with van der Waals surface area (Å²) in [4.78, 5) is 0.845. The fourth-order valence-corrected chi connectivity index (χ4v) is 1.95. The van der Waals surface area contributed by atoms with Crippen LogP contribution in [-0.2, 0) is 0 Å². The molecule has 9 heavy (non-hydrogen) atoms. The van der Waals surface area contributed by atoms with E-state index in [1.807, 2.05) is 0 Å². The van der Waals surface area contributed by atoms with Crippen LogP contribution in [0.15, 0.2) is 0 Å². The van der Waals surface area contributed by atoms with Gasteiger partial charge in [-0.15, -0.1) is 0 Å². The molecule has 1 fully saturated rings. The lowest BCUT2D eigenvalue weighted by molar-refractivity contribution is 0.644. The van der Waals surface area contributed by atoms with E-state index in [0.29, 0.717) is 0 Å². The molecule has 0 aromatic rings. The van der Waals surface area contributed by atoms with E-state index in [2.05, 4.69) is 22.9 Å². The molecule has 54 valence electrons. The van der Waals surface area contributed by atoms with Crippen molar-refractivity contribution in [3.8, 4) is 0 Å². The van der Waals surface area contributed by atoms with Gasteiger partial charge in [-0.05, 0) is 25.2 Å². The van der Waals surface area contributed by atoms with Crippen molar-refractivity contribution in [2.75, 3.05) is 0 Å². The highest BCUT2D eigenvalue weighted by atomic mass is 79.9. The largest absolute Gasteiger partial charge is 0.0888 e. The highest BCUT2D eigenvalue weighted by Gasteiger charge is 2.28. The zero-order valence-corrected chi connectivity index (χ0v) is 7.65. The third kappa shape index (κ3) is 2.70. The Morgan fingerprint density at radius 1 is 1.56 bits per heavy atom. The Balaban J connectivity index is 1.96. The van der Waals surface area contributed by atoms with Crippen LogP contribution in [-0.4, -0.2) is 4.83 Å². The molecule has 1 heteroatoms. The van der Waals surface area contributed by atoms with Gasteiger partial charge in [-0.2, -0.15) is 0 Å². The second kappa shape index (κ2) is 3.60. The summed E-state index contributed by atoms with van der Waals surface area (Å²) in [5.41, 5.74) is 0. The summed E-state index contributed by atoms with van der Waals surface area (Å²) in [6.45, 7) is 2.26. The van der Waals surface area contributed by atoms with Crippen molar-refractivity contribution in [1.82, 2.24) is 0 Å². The summed E-state index contributed by atoms with van der Waals surface area (Å²) in [7, 11) is 0. The zero-order chi connectivity index (χ0) is 6.69. The molecule has 0 N–H and O–H groups in total. The van der Waals surface area contributed by atoms with E-state index in [9.17, 15) is 0 Å². The molecule has 0 bridgehead atoms. The van der Waals surface area contributed by atoms with Crippen LogP contribution in [0, 0.1) is 5.92 Å². The van der Waals surface area contributed by atoms with Crippen molar-refractivity contribution in [2.24, 2.45) is 5.92 Å². The van der Waals surface area contributed by atoms with E-state index < -0.39 is 0 Å². The first-order valence-corrected chi connectivity index (χ1v) is 4.90. The monoisotopic (exact) mass is 190 g/mol. The summed E-state index contributed by atoms with van der Waals surface area (Å²) in [6.07, 6.45) is 7.07. The number of halogens is 1. The highest BCUT2D eigenvalue weighted by Crippen LogP contribution is 2.38. The lowest BCUT2D eigenvalue weighted by atomic mass is 10.1. The number of hydrogen-bond acceptors (Lipinski definition) is 0. The lowest BCUT2D eigenvalue weighted by Crippen LogP contribution is -1.98. The summed E-state index contributed by atoms with van der Waals surface area (Å²) >= 11 is 3.71. The van der Waals surface area contributed by atoms with Crippen molar-refractivity contribution >= 4 is 15.9 Å². The van der Waals surface area contributed by atoms with Crippen LogP contribution in [0.4, 0.5) is 0 Å². The molecule has 0 amide bonds. The van der Waals surface area contributed by atoms with E-state index >= 15 is 0 Å².